The fourth-order valence-electron chi connectivity index (χ4n) is 11.9. The average Bonchev–Trinajstić information content (AvgIpc) is 3.16. The molecule has 0 aromatic heterocycles. The summed E-state index contributed by atoms with van der Waals surface area (Å²) in [5.41, 5.74) is 2.45. The van der Waals surface area contributed by atoms with Gasteiger partial charge in [-0.25, -0.2) is 0 Å². The molecule has 0 aromatic carbocycles. The standard InChI is InChI=1S/C32H52O3/c1-20(2)22-11-16-32(19-33)18-17-30(7)23(27(22)32)9-10-25-29(6)14-13-26(35-21(3)34)28(4,5)24(29)12-15-31(25,30)8/h22-27,33H,1,9-19H2,2-8H3/t22-,23+,24+,25+,26+,27+,29-,30+,31+,32+/m1/s1. The van der Waals surface area contributed by atoms with Gasteiger partial charge in [-0.15, -0.1) is 0 Å². The van der Waals surface area contributed by atoms with E-state index in [-0.39, 0.29) is 22.9 Å². The van der Waals surface area contributed by atoms with Gasteiger partial charge in [-0.3, -0.25) is 4.79 Å². The Morgan fingerprint density at radius 1 is 0.857 bits per heavy atom. The van der Waals surface area contributed by atoms with Crippen molar-refractivity contribution in [3.8, 4) is 0 Å². The number of esters is 1. The lowest BCUT2D eigenvalue weighted by Crippen LogP contribution is -2.67. The number of carbonyl (C=O) groups is 1. The van der Waals surface area contributed by atoms with Crippen LogP contribution >= 0.6 is 0 Å². The maximum absolute atomic E-state index is 11.9. The summed E-state index contributed by atoms with van der Waals surface area (Å²) in [7, 11) is 0. The van der Waals surface area contributed by atoms with E-state index in [1.807, 2.05) is 0 Å². The third-order valence-corrected chi connectivity index (χ3v) is 13.8. The Kier molecular flexibility index (Phi) is 5.96. The van der Waals surface area contributed by atoms with Gasteiger partial charge in [0.1, 0.15) is 6.10 Å². The molecule has 5 aliphatic rings. The number of hydrogen-bond donors (Lipinski definition) is 1. The molecule has 0 spiro atoms. The van der Waals surface area contributed by atoms with Crippen LogP contribution < -0.4 is 0 Å². The van der Waals surface area contributed by atoms with Gasteiger partial charge in [0.2, 0.25) is 0 Å². The number of hydrogen-bond acceptors (Lipinski definition) is 3. The highest BCUT2D eigenvalue weighted by Crippen LogP contribution is 2.77. The van der Waals surface area contributed by atoms with Gasteiger partial charge in [0.15, 0.2) is 0 Å². The molecule has 10 atom stereocenters. The first-order chi connectivity index (χ1) is 16.3. The Hall–Kier alpha value is -0.830. The Balaban J connectivity index is 1.51. The van der Waals surface area contributed by atoms with Crippen molar-refractivity contribution in [1.29, 1.82) is 0 Å². The van der Waals surface area contributed by atoms with E-state index in [1.54, 1.807) is 6.92 Å². The second-order valence-corrected chi connectivity index (χ2v) is 15.2. The minimum atomic E-state index is -0.126. The fraction of sp³-hybridized carbons (Fsp3) is 0.906. The van der Waals surface area contributed by atoms with Gasteiger partial charge < -0.3 is 9.84 Å². The number of allylic oxidation sites excluding steroid dienone is 1. The third kappa shape index (κ3) is 3.28. The van der Waals surface area contributed by atoms with Gasteiger partial charge in [-0.2, -0.15) is 0 Å². The molecule has 198 valence electrons. The maximum atomic E-state index is 11.9. The van der Waals surface area contributed by atoms with E-state index in [0.717, 1.165) is 12.3 Å². The maximum Gasteiger partial charge on any atom is 0.302 e. The summed E-state index contributed by atoms with van der Waals surface area (Å²) >= 11 is 0. The zero-order valence-electron chi connectivity index (χ0n) is 23.7. The number of aliphatic hydroxyl groups is 1. The number of rotatable bonds is 3. The summed E-state index contributed by atoms with van der Waals surface area (Å²) in [4.78, 5) is 11.9. The average molecular weight is 485 g/mol. The summed E-state index contributed by atoms with van der Waals surface area (Å²) < 4.78 is 5.90. The van der Waals surface area contributed by atoms with E-state index in [9.17, 15) is 9.90 Å². The molecule has 3 heteroatoms. The zero-order valence-corrected chi connectivity index (χ0v) is 23.7. The van der Waals surface area contributed by atoms with Crippen LogP contribution in [0.5, 0.6) is 0 Å². The van der Waals surface area contributed by atoms with Gasteiger partial charge in [0.05, 0.1) is 0 Å². The molecule has 0 saturated heterocycles. The molecule has 35 heavy (non-hydrogen) atoms. The van der Waals surface area contributed by atoms with Crippen molar-refractivity contribution in [2.24, 2.45) is 56.7 Å². The van der Waals surface area contributed by atoms with E-state index in [4.69, 9.17) is 4.74 Å². The molecular weight excluding hydrogens is 432 g/mol. The lowest BCUT2D eigenvalue weighted by molar-refractivity contribution is -0.251. The van der Waals surface area contributed by atoms with Crippen molar-refractivity contribution in [3.05, 3.63) is 12.2 Å². The lowest BCUT2D eigenvalue weighted by atomic mass is 9.32. The number of fused-ring (bicyclic) bond motifs is 7. The normalized spacial score (nSPS) is 52.5. The van der Waals surface area contributed by atoms with Crippen LogP contribution in [0.1, 0.15) is 113 Å². The first-order valence-electron chi connectivity index (χ1n) is 14.7. The predicted octanol–water partition coefficient (Wildman–Crippen LogP) is 7.57. The Morgan fingerprint density at radius 2 is 1.57 bits per heavy atom. The summed E-state index contributed by atoms with van der Waals surface area (Å²) in [6.07, 6.45) is 12.2. The van der Waals surface area contributed by atoms with E-state index < -0.39 is 0 Å². The van der Waals surface area contributed by atoms with Gasteiger partial charge in [0.25, 0.3) is 0 Å². The number of ether oxygens (including phenoxy) is 1. The van der Waals surface area contributed by atoms with Crippen LogP contribution in [0.25, 0.3) is 0 Å². The number of aliphatic hydroxyl groups excluding tert-OH is 1. The highest BCUT2D eigenvalue weighted by atomic mass is 16.5. The van der Waals surface area contributed by atoms with Crippen LogP contribution in [0.2, 0.25) is 0 Å². The smallest absolute Gasteiger partial charge is 0.302 e. The Labute approximate surface area is 214 Å². The second-order valence-electron chi connectivity index (χ2n) is 15.2. The van der Waals surface area contributed by atoms with Crippen LogP contribution in [0.15, 0.2) is 12.2 Å². The minimum absolute atomic E-state index is 0.0207. The molecule has 5 aliphatic carbocycles. The summed E-state index contributed by atoms with van der Waals surface area (Å²) in [6, 6.07) is 0. The largest absolute Gasteiger partial charge is 0.462 e. The molecule has 5 fully saturated rings. The van der Waals surface area contributed by atoms with Crippen LogP contribution in [-0.2, 0) is 9.53 Å². The third-order valence-electron chi connectivity index (χ3n) is 13.8. The predicted molar refractivity (Wildman–Crippen MR) is 142 cm³/mol. The van der Waals surface area contributed by atoms with Crippen LogP contribution in [0.4, 0.5) is 0 Å². The van der Waals surface area contributed by atoms with E-state index in [1.165, 1.54) is 63.4 Å². The van der Waals surface area contributed by atoms with Crippen molar-refractivity contribution < 1.29 is 14.6 Å². The molecule has 0 aliphatic heterocycles. The van der Waals surface area contributed by atoms with E-state index in [0.29, 0.717) is 46.5 Å². The molecule has 0 aromatic rings. The zero-order chi connectivity index (χ0) is 25.6. The monoisotopic (exact) mass is 484 g/mol. The molecule has 0 heterocycles. The van der Waals surface area contributed by atoms with Crippen molar-refractivity contribution in [2.75, 3.05) is 6.61 Å². The SMILES string of the molecule is C=C(C)[C@H]1CC[C@@]2(CO)CC[C@@]3(C)[C@@H](CC[C@H]4[C@]5(C)CC[C@H](OC(C)=O)C(C)(C)[C@@H]5CC[C@@]43C)[C@H]12. The summed E-state index contributed by atoms with van der Waals surface area (Å²) in [5, 5.41) is 10.7. The van der Waals surface area contributed by atoms with Gasteiger partial charge >= 0.3 is 5.97 Å². The van der Waals surface area contributed by atoms with Crippen molar-refractivity contribution in [1.82, 2.24) is 0 Å². The van der Waals surface area contributed by atoms with Gasteiger partial charge in [0, 0.05) is 18.9 Å². The van der Waals surface area contributed by atoms with E-state index >= 15 is 0 Å². The summed E-state index contributed by atoms with van der Waals surface area (Å²) in [6.45, 7) is 21.3. The Bertz CT molecular complexity index is 891. The van der Waals surface area contributed by atoms with Crippen LogP contribution in [0.3, 0.4) is 0 Å². The van der Waals surface area contributed by atoms with Crippen LogP contribution in [-0.4, -0.2) is 23.8 Å². The fourth-order valence-corrected chi connectivity index (χ4v) is 11.9. The van der Waals surface area contributed by atoms with Crippen molar-refractivity contribution in [2.45, 2.75) is 119 Å². The highest BCUT2D eigenvalue weighted by Gasteiger charge is 2.71. The molecule has 1 N–H and O–H groups in total. The number of carbonyl (C=O) groups excluding carboxylic acids is 1. The molecule has 0 unspecified atom stereocenters. The first-order valence-corrected chi connectivity index (χ1v) is 14.7. The molecule has 0 amide bonds. The molecular formula is C32H52O3. The second kappa shape index (κ2) is 8.08. The van der Waals surface area contributed by atoms with Gasteiger partial charge in [-0.1, -0.05) is 46.8 Å². The van der Waals surface area contributed by atoms with Crippen LogP contribution in [0, 0.1) is 56.7 Å². The van der Waals surface area contributed by atoms with E-state index in [2.05, 4.69) is 48.1 Å². The summed E-state index contributed by atoms with van der Waals surface area (Å²) in [5.74, 6) is 3.07. The molecule has 3 nitrogen and oxygen atoms in total. The first kappa shape index (κ1) is 25.8. The van der Waals surface area contributed by atoms with Crippen molar-refractivity contribution >= 4 is 5.97 Å². The topological polar surface area (TPSA) is 46.5 Å². The van der Waals surface area contributed by atoms with Crippen molar-refractivity contribution in [3.63, 3.8) is 0 Å². The molecule has 0 bridgehead atoms. The molecule has 0 radical (unpaired) electrons. The van der Waals surface area contributed by atoms with Gasteiger partial charge in [-0.05, 0) is 122 Å². The molecule has 5 saturated carbocycles. The molecule has 5 rings (SSSR count). The lowest BCUT2D eigenvalue weighted by Gasteiger charge is -2.73. The minimum Gasteiger partial charge on any atom is -0.462 e. The Morgan fingerprint density at radius 3 is 2.20 bits per heavy atom. The highest BCUT2D eigenvalue weighted by molar-refractivity contribution is 5.66. The quantitative estimate of drug-likeness (QED) is 0.332.